The molecule has 18 heavy (non-hydrogen) atoms. The standard InChI is InChI=1S/C12H12N4O2/c1-16-7-10(14-6-2-5-13)8-3-4-9(12(17)18)15-11(8)16/h2-7H,13H2,1H3,(H,17,18)/b5-2-,14-6?. The van der Waals surface area contributed by atoms with Crippen molar-refractivity contribution in [1.82, 2.24) is 9.55 Å². The summed E-state index contributed by atoms with van der Waals surface area (Å²) in [6, 6.07) is 3.16. The van der Waals surface area contributed by atoms with Gasteiger partial charge < -0.3 is 15.4 Å². The molecule has 0 atom stereocenters. The van der Waals surface area contributed by atoms with Crippen LogP contribution in [0.1, 0.15) is 10.5 Å². The van der Waals surface area contributed by atoms with Crippen molar-refractivity contribution >= 4 is 28.9 Å². The summed E-state index contributed by atoms with van der Waals surface area (Å²) in [6.45, 7) is 0. The molecular weight excluding hydrogens is 232 g/mol. The molecule has 6 nitrogen and oxygen atoms in total. The molecule has 2 heterocycles. The van der Waals surface area contributed by atoms with Crippen molar-refractivity contribution in [2.75, 3.05) is 0 Å². The van der Waals surface area contributed by atoms with E-state index in [0.29, 0.717) is 5.65 Å². The van der Waals surface area contributed by atoms with Gasteiger partial charge in [0, 0.05) is 24.8 Å². The van der Waals surface area contributed by atoms with E-state index in [0.717, 1.165) is 11.1 Å². The molecule has 3 N–H and O–H groups in total. The summed E-state index contributed by atoms with van der Waals surface area (Å²) in [6.07, 6.45) is 6.34. The molecule has 0 bridgehead atoms. The van der Waals surface area contributed by atoms with Gasteiger partial charge in [-0.15, -0.1) is 0 Å². The average molecular weight is 244 g/mol. The van der Waals surface area contributed by atoms with Crippen LogP contribution in [0.4, 0.5) is 5.69 Å². The molecule has 0 aliphatic carbocycles. The molecule has 0 aliphatic heterocycles. The molecule has 2 aromatic rings. The van der Waals surface area contributed by atoms with E-state index in [9.17, 15) is 4.79 Å². The highest BCUT2D eigenvalue weighted by Crippen LogP contribution is 2.26. The summed E-state index contributed by atoms with van der Waals surface area (Å²) < 4.78 is 1.74. The van der Waals surface area contributed by atoms with Gasteiger partial charge in [0.25, 0.3) is 0 Å². The minimum Gasteiger partial charge on any atom is -0.477 e. The SMILES string of the molecule is Cn1cc(N=C/C=C\N)c2ccc(C(=O)O)nc21. The summed E-state index contributed by atoms with van der Waals surface area (Å²) in [7, 11) is 1.79. The highest BCUT2D eigenvalue weighted by molar-refractivity contribution is 5.95. The van der Waals surface area contributed by atoms with Gasteiger partial charge in [0.05, 0.1) is 5.69 Å². The molecule has 0 unspecified atom stereocenters. The maximum Gasteiger partial charge on any atom is 0.354 e. The van der Waals surface area contributed by atoms with Gasteiger partial charge in [-0.1, -0.05) is 0 Å². The van der Waals surface area contributed by atoms with Crippen molar-refractivity contribution in [3.05, 3.63) is 36.3 Å². The molecule has 0 amide bonds. The number of aryl methyl sites for hydroxylation is 1. The summed E-state index contributed by atoms with van der Waals surface area (Å²) in [5.41, 5.74) is 6.52. The largest absolute Gasteiger partial charge is 0.477 e. The van der Waals surface area contributed by atoms with E-state index in [2.05, 4.69) is 9.98 Å². The number of nitrogens with two attached hydrogens (primary N) is 1. The first-order valence-electron chi connectivity index (χ1n) is 5.24. The van der Waals surface area contributed by atoms with Crippen molar-refractivity contribution in [2.24, 2.45) is 17.8 Å². The average Bonchev–Trinajstić information content (AvgIpc) is 2.66. The Hall–Kier alpha value is -2.63. The van der Waals surface area contributed by atoms with Crippen LogP contribution < -0.4 is 5.73 Å². The maximum absolute atomic E-state index is 10.8. The van der Waals surface area contributed by atoms with E-state index < -0.39 is 5.97 Å². The number of rotatable bonds is 3. The van der Waals surface area contributed by atoms with Crippen LogP contribution in [0.25, 0.3) is 11.0 Å². The van der Waals surface area contributed by atoms with Crippen LogP contribution in [0.5, 0.6) is 0 Å². The number of carboxylic acid groups (broad SMARTS) is 1. The van der Waals surface area contributed by atoms with Crippen molar-refractivity contribution in [3.8, 4) is 0 Å². The lowest BCUT2D eigenvalue weighted by Gasteiger charge is -1.96. The monoisotopic (exact) mass is 244 g/mol. The molecule has 0 saturated heterocycles. The van der Waals surface area contributed by atoms with E-state index in [1.165, 1.54) is 12.3 Å². The Morgan fingerprint density at radius 1 is 1.56 bits per heavy atom. The van der Waals surface area contributed by atoms with E-state index in [-0.39, 0.29) is 5.69 Å². The summed E-state index contributed by atoms with van der Waals surface area (Å²) >= 11 is 0. The molecular formula is C12H12N4O2. The molecule has 2 aromatic heterocycles. The van der Waals surface area contributed by atoms with Crippen molar-refractivity contribution < 1.29 is 9.90 Å². The van der Waals surface area contributed by atoms with Gasteiger partial charge >= 0.3 is 5.97 Å². The summed E-state index contributed by atoms with van der Waals surface area (Å²) in [5, 5.41) is 9.69. The number of carbonyl (C=O) groups is 1. The van der Waals surface area contributed by atoms with E-state index in [4.69, 9.17) is 10.8 Å². The molecule has 0 aliphatic rings. The number of fused-ring (bicyclic) bond motifs is 1. The fourth-order valence-corrected chi connectivity index (χ4v) is 1.63. The number of allylic oxidation sites excluding steroid dienone is 1. The Kier molecular flexibility index (Phi) is 3.09. The van der Waals surface area contributed by atoms with Crippen molar-refractivity contribution in [2.45, 2.75) is 0 Å². The highest BCUT2D eigenvalue weighted by atomic mass is 16.4. The molecule has 92 valence electrons. The van der Waals surface area contributed by atoms with Crippen LogP contribution >= 0.6 is 0 Å². The Bertz CT molecular complexity index is 655. The number of nitrogens with zero attached hydrogens (tertiary/aromatic N) is 3. The van der Waals surface area contributed by atoms with Crippen LogP contribution in [-0.2, 0) is 7.05 Å². The number of aliphatic imine (C=N–C) groups is 1. The summed E-state index contributed by atoms with van der Waals surface area (Å²) in [4.78, 5) is 19.1. The topological polar surface area (TPSA) is 93.5 Å². The van der Waals surface area contributed by atoms with Gasteiger partial charge in [-0.3, -0.25) is 4.99 Å². The van der Waals surface area contributed by atoms with Crippen molar-refractivity contribution in [3.63, 3.8) is 0 Å². The predicted octanol–water partition coefficient (Wildman–Crippen LogP) is 1.45. The molecule has 0 fully saturated rings. The predicted molar refractivity (Wildman–Crippen MR) is 69.2 cm³/mol. The van der Waals surface area contributed by atoms with Crippen LogP contribution in [0.2, 0.25) is 0 Å². The lowest BCUT2D eigenvalue weighted by molar-refractivity contribution is 0.0691. The third-order valence-electron chi connectivity index (χ3n) is 2.43. The number of aromatic carboxylic acids is 1. The van der Waals surface area contributed by atoms with Gasteiger partial charge in [-0.25, -0.2) is 9.78 Å². The third kappa shape index (κ3) is 2.08. The Balaban J connectivity index is 2.55. The third-order valence-corrected chi connectivity index (χ3v) is 2.43. The molecule has 0 saturated carbocycles. The minimum absolute atomic E-state index is 0.0149. The fourth-order valence-electron chi connectivity index (χ4n) is 1.63. The van der Waals surface area contributed by atoms with Gasteiger partial charge in [0.2, 0.25) is 0 Å². The maximum atomic E-state index is 10.8. The van der Waals surface area contributed by atoms with Gasteiger partial charge in [-0.2, -0.15) is 0 Å². The van der Waals surface area contributed by atoms with Crippen LogP contribution in [-0.4, -0.2) is 26.8 Å². The zero-order valence-corrected chi connectivity index (χ0v) is 9.74. The molecule has 0 aromatic carbocycles. The Labute approximate surface area is 103 Å². The molecule has 0 radical (unpaired) electrons. The summed E-state index contributed by atoms with van der Waals surface area (Å²) in [5.74, 6) is -1.05. The van der Waals surface area contributed by atoms with Gasteiger partial charge in [0.1, 0.15) is 5.65 Å². The first-order chi connectivity index (χ1) is 8.63. The second-order valence-electron chi connectivity index (χ2n) is 3.66. The van der Waals surface area contributed by atoms with Gasteiger partial charge in [0.15, 0.2) is 5.69 Å². The molecule has 0 spiro atoms. The second kappa shape index (κ2) is 4.70. The molecule has 2 rings (SSSR count). The number of pyridine rings is 1. The molecule has 6 heteroatoms. The number of carboxylic acids is 1. The zero-order chi connectivity index (χ0) is 13.1. The zero-order valence-electron chi connectivity index (χ0n) is 9.74. The smallest absolute Gasteiger partial charge is 0.354 e. The lowest BCUT2D eigenvalue weighted by Crippen LogP contribution is -2.00. The normalized spacial score (nSPS) is 11.8. The highest BCUT2D eigenvalue weighted by Gasteiger charge is 2.10. The number of aromatic nitrogens is 2. The first-order valence-corrected chi connectivity index (χ1v) is 5.24. The Morgan fingerprint density at radius 2 is 2.33 bits per heavy atom. The van der Waals surface area contributed by atoms with Crippen LogP contribution in [0, 0.1) is 0 Å². The first kappa shape index (κ1) is 11.8. The number of hydrogen-bond acceptors (Lipinski definition) is 4. The fraction of sp³-hybridized carbons (Fsp3) is 0.0833. The van der Waals surface area contributed by atoms with Crippen molar-refractivity contribution in [1.29, 1.82) is 0 Å². The van der Waals surface area contributed by atoms with E-state index in [1.807, 2.05) is 0 Å². The van der Waals surface area contributed by atoms with E-state index in [1.54, 1.807) is 36.2 Å². The van der Waals surface area contributed by atoms with E-state index >= 15 is 0 Å². The minimum atomic E-state index is -1.05. The van der Waals surface area contributed by atoms with Gasteiger partial charge in [-0.05, 0) is 24.4 Å². The number of hydrogen-bond donors (Lipinski definition) is 2. The van der Waals surface area contributed by atoms with Crippen LogP contribution in [0.3, 0.4) is 0 Å². The second-order valence-corrected chi connectivity index (χ2v) is 3.66. The lowest BCUT2D eigenvalue weighted by atomic mass is 10.2. The quantitative estimate of drug-likeness (QED) is 0.799. The van der Waals surface area contributed by atoms with Crippen LogP contribution in [0.15, 0.2) is 35.6 Å². The Morgan fingerprint density at radius 3 is 3.00 bits per heavy atom.